The molecule has 0 atom stereocenters. The Bertz CT molecular complexity index is 593. The molecule has 0 saturated carbocycles. The highest BCUT2D eigenvalue weighted by molar-refractivity contribution is 6.01. The van der Waals surface area contributed by atoms with Gasteiger partial charge in [0.05, 0.1) is 0 Å². The molecule has 4 heteroatoms. The van der Waals surface area contributed by atoms with Crippen molar-refractivity contribution in [1.29, 1.82) is 0 Å². The van der Waals surface area contributed by atoms with E-state index in [1.165, 1.54) is 0 Å². The molecule has 3 N–H and O–H groups in total. The number of nitrogens with zero attached hydrogens (tertiary/aromatic N) is 1. The lowest BCUT2D eigenvalue weighted by Crippen LogP contribution is -2.31. The van der Waals surface area contributed by atoms with E-state index in [1.54, 1.807) is 11.9 Å². The zero-order valence-electron chi connectivity index (χ0n) is 11.8. The number of rotatable bonds is 3. The molecule has 0 spiro atoms. The van der Waals surface area contributed by atoms with Gasteiger partial charge in [-0.3, -0.25) is 4.90 Å². The Balaban J connectivity index is 2.07. The van der Waals surface area contributed by atoms with Crippen LogP contribution in [0.15, 0.2) is 48.5 Å². The van der Waals surface area contributed by atoms with E-state index in [4.69, 9.17) is 5.73 Å². The van der Waals surface area contributed by atoms with E-state index in [9.17, 15) is 4.79 Å². The van der Waals surface area contributed by atoms with Gasteiger partial charge in [-0.1, -0.05) is 24.3 Å². The summed E-state index contributed by atoms with van der Waals surface area (Å²) in [6.45, 7) is 2.50. The van der Waals surface area contributed by atoms with Crippen LogP contribution in [0.3, 0.4) is 0 Å². The molecule has 104 valence electrons. The number of hydrogen-bond donors (Lipinski definition) is 2. The van der Waals surface area contributed by atoms with Crippen LogP contribution in [0.25, 0.3) is 0 Å². The predicted molar refractivity (Wildman–Crippen MR) is 82.9 cm³/mol. The van der Waals surface area contributed by atoms with Crippen LogP contribution in [-0.2, 0) is 6.54 Å². The highest BCUT2D eigenvalue weighted by Crippen LogP contribution is 2.16. The third kappa shape index (κ3) is 3.36. The molecule has 0 fully saturated rings. The monoisotopic (exact) mass is 269 g/mol. The van der Waals surface area contributed by atoms with Crippen molar-refractivity contribution < 1.29 is 4.79 Å². The number of hydrogen-bond acceptors (Lipinski definition) is 2. The highest BCUT2D eigenvalue weighted by atomic mass is 16.2. The second kappa shape index (κ2) is 6.21. The van der Waals surface area contributed by atoms with E-state index in [-0.39, 0.29) is 6.03 Å². The van der Waals surface area contributed by atoms with Crippen LogP contribution in [0.4, 0.5) is 16.2 Å². The van der Waals surface area contributed by atoms with E-state index in [2.05, 4.69) is 5.32 Å². The van der Waals surface area contributed by atoms with Gasteiger partial charge in [0, 0.05) is 25.0 Å². The second-order valence-corrected chi connectivity index (χ2v) is 4.73. The third-order valence-corrected chi connectivity index (χ3v) is 3.13. The molecular formula is C16H19N3O. The van der Waals surface area contributed by atoms with Crippen LogP contribution in [0.1, 0.15) is 11.1 Å². The molecular weight excluding hydrogens is 250 g/mol. The first-order valence-corrected chi connectivity index (χ1v) is 6.50. The van der Waals surface area contributed by atoms with E-state index in [0.717, 1.165) is 22.5 Å². The number of carbonyl (C=O) groups is 1. The molecule has 0 bridgehead atoms. The van der Waals surface area contributed by atoms with Crippen LogP contribution < -0.4 is 16.0 Å². The largest absolute Gasteiger partial charge is 0.326 e. The maximum Gasteiger partial charge on any atom is 0.326 e. The molecule has 0 aliphatic carbocycles. The summed E-state index contributed by atoms with van der Waals surface area (Å²) in [6.07, 6.45) is 0. The van der Waals surface area contributed by atoms with Crippen LogP contribution in [0.2, 0.25) is 0 Å². The van der Waals surface area contributed by atoms with Gasteiger partial charge in [0.1, 0.15) is 0 Å². The maximum atomic E-state index is 12.2. The SMILES string of the molecule is Cc1cccc(N(C)C(=O)Nc2ccc(CN)cc2)c1. The fourth-order valence-corrected chi connectivity index (χ4v) is 1.89. The Morgan fingerprint density at radius 2 is 1.90 bits per heavy atom. The van der Waals surface area contributed by atoms with Gasteiger partial charge in [-0.05, 0) is 42.3 Å². The van der Waals surface area contributed by atoms with Crippen molar-refractivity contribution in [2.75, 3.05) is 17.3 Å². The van der Waals surface area contributed by atoms with Gasteiger partial charge in [0.2, 0.25) is 0 Å². The minimum Gasteiger partial charge on any atom is -0.326 e. The van der Waals surface area contributed by atoms with Crippen molar-refractivity contribution >= 4 is 17.4 Å². The summed E-state index contributed by atoms with van der Waals surface area (Å²) in [7, 11) is 1.75. The molecule has 0 saturated heterocycles. The average Bonchev–Trinajstić information content (AvgIpc) is 2.47. The van der Waals surface area contributed by atoms with Gasteiger partial charge >= 0.3 is 6.03 Å². The molecule has 4 nitrogen and oxygen atoms in total. The Labute approximate surface area is 119 Å². The summed E-state index contributed by atoms with van der Waals surface area (Å²) in [4.78, 5) is 13.8. The number of urea groups is 1. The van der Waals surface area contributed by atoms with Gasteiger partial charge < -0.3 is 11.1 Å². The fourth-order valence-electron chi connectivity index (χ4n) is 1.89. The van der Waals surface area contributed by atoms with Gasteiger partial charge in [-0.2, -0.15) is 0 Å². The van der Waals surface area contributed by atoms with Gasteiger partial charge in [-0.25, -0.2) is 4.79 Å². The first-order chi connectivity index (χ1) is 9.60. The minimum absolute atomic E-state index is 0.170. The first-order valence-electron chi connectivity index (χ1n) is 6.50. The van der Waals surface area contributed by atoms with E-state index in [0.29, 0.717) is 6.54 Å². The maximum absolute atomic E-state index is 12.2. The van der Waals surface area contributed by atoms with Crippen LogP contribution in [-0.4, -0.2) is 13.1 Å². The topological polar surface area (TPSA) is 58.4 Å². The van der Waals surface area contributed by atoms with Crippen molar-refractivity contribution in [3.8, 4) is 0 Å². The predicted octanol–water partition coefficient (Wildman–Crippen LogP) is 3.12. The number of carbonyl (C=O) groups excluding carboxylic acids is 1. The van der Waals surface area contributed by atoms with Crippen molar-refractivity contribution in [2.24, 2.45) is 5.73 Å². The third-order valence-electron chi connectivity index (χ3n) is 3.13. The molecule has 2 rings (SSSR count). The highest BCUT2D eigenvalue weighted by Gasteiger charge is 2.10. The number of anilines is 2. The molecule has 0 aliphatic rings. The van der Waals surface area contributed by atoms with Crippen LogP contribution >= 0.6 is 0 Å². The number of nitrogens with one attached hydrogen (secondary N) is 1. The van der Waals surface area contributed by atoms with Crippen LogP contribution in [0.5, 0.6) is 0 Å². The number of nitrogens with two attached hydrogens (primary N) is 1. The van der Waals surface area contributed by atoms with Gasteiger partial charge in [0.25, 0.3) is 0 Å². The molecule has 20 heavy (non-hydrogen) atoms. The molecule has 0 radical (unpaired) electrons. The van der Waals surface area contributed by atoms with E-state index >= 15 is 0 Å². The lowest BCUT2D eigenvalue weighted by atomic mass is 10.2. The smallest absolute Gasteiger partial charge is 0.326 e. The Kier molecular flexibility index (Phi) is 4.38. The fraction of sp³-hybridized carbons (Fsp3) is 0.188. The minimum atomic E-state index is -0.170. The first kappa shape index (κ1) is 14.1. The summed E-state index contributed by atoms with van der Waals surface area (Å²) >= 11 is 0. The number of benzene rings is 2. The Morgan fingerprint density at radius 3 is 2.50 bits per heavy atom. The van der Waals surface area contributed by atoms with E-state index < -0.39 is 0 Å². The molecule has 0 aliphatic heterocycles. The molecule has 2 aromatic carbocycles. The van der Waals surface area contributed by atoms with Crippen LogP contribution in [0, 0.1) is 6.92 Å². The molecule has 0 aromatic heterocycles. The van der Waals surface area contributed by atoms with E-state index in [1.807, 2.05) is 55.5 Å². The summed E-state index contributed by atoms with van der Waals surface area (Å²) in [6, 6.07) is 15.2. The summed E-state index contributed by atoms with van der Waals surface area (Å²) in [5.74, 6) is 0. The summed E-state index contributed by atoms with van der Waals surface area (Å²) in [5.41, 5.74) is 9.32. The van der Waals surface area contributed by atoms with Crippen molar-refractivity contribution in [1.82, 2.24) is 0 Å². The van der Waals surface area contributed by atoms with Crippen molar-refractivity contribution in [2.45, 2.75) is 13.5 Å². The Hall–Kier alpha value is -2.33. The average molecular weight is 269 g/mol. The lowest BCUT2D eigenvalue weighted by molar-refractivity contribution is 0.258. The summed E-state index contributed by atoms with van der Waals surface area (Å²) < 4.78 is 0. The molecule has 0 unspecified atom stereocenters. The Morgan fingerprint density at radius 1 is 1.20 bits per heavy atom. The quantitative estimate of drug-likeness (QED) is 0.899. The van der Waals surface area contributed by atoms with Crippen molar-refractivity contribution in [3.63, 3.8) is 0 Å². The lowest BCUT2D eigenvalue weighted by Gasteiger charge is -2.18. The number of amides is 2. The molecule has 2 aromatic rings. The zero-order valence-corrected chi connectivity index (χ0v) is 11.8. The zero-order chi connectivity index (χ0) is 14.5. The summed E-state index contributed by atoms with van der Waals surface area (Å²) in [5, 5.41) is 2.86. The number of aryl methyl sites for hydroxylation is 1. The normalized spacial score (nSPS) is 10.2. The van der Waals surface area contributed by atoms with Gasteiger partial charge in [-0.15, -0.1) is 0 Å². The molecule has 0 heterocycles. The molecule has 2 amide bonds. The standard InChI is InChI=1S/C16H19N3O/c1-12-4-3-5-15(10-12)19(2)16(20)18-14-8-6-13(11-17)7-9-14/h3-10H,11,17H2,1-2H3,(H,18,20). The second-order valence-electron chi connectivity index (χ2n) is 4.73. The van der Waals surface area contributed by atoms with Gasteiger partial charge in [0.15, 0.2) is 0 Å². The van der Waals surface area contributed by atoms with Crippen molar-refractivity contribution in [3.05, 3.63) is 59.7 Å².